The van der Waals surface area contributed by atoms with Crippen molar-refractivity contribution in [2.24, 2.45) is 0 Å². The first-order chi connectivity index (χ1) is 13.4. The molecule has 0 saturated carbocycles. The summed E-state index contributed by atoms with van der Waals surface area (Å²) in [5.74, 6) is 0.624. The van der Waals surface area contributed by atoms with Crippen LogP contribution in [0.5, 0.6) is 11.5 Å². The highest BCUT2D eigenvalue weighted by Crippen LogP contribution is 2.24. The van der Waals surface area contributed by atoms with E-state index in [9.17, 15) is 13.2 Å². The Morgan fingerprint density at radius 1 is 1.07 bits per heavy atom. The van der Waals surface area contributed by atoms with E-state index in [1.807, 2.05) is 30.3 Å². The molecule has 0 spiro atoms. The van der Waals surface area contributed by atoms with Crippen LogP contribution in [-0.2, 0) is 21.4 Å². The molecule has 2 aromatic carbocycles. The van der Waals surface area contributed by atoms with Crippen LogP contribution in [0.4, 0.5) is 0 Å². The molecule has 1 amide bonds. The molecule has 2 aromatic rings. The van der Waals surface area contributed by atoms with E-state index in [0.29, 0.717) is 17.1 Å². The number of carbonyl (C=O) groups excluding carboxylic acids is 1. The zero-order valence-corrected chi connectivity index (χ0v) is 16.7. The Kier molecular flexibility index (Phi) is 8.03. The summed E-state index contributed by atoms with van der Waals surface area (Å²) < 4.78 is 36.9. The minimum Gasteiger partial charge on any atom is -0.497 e. The van der Waals surface area contributed by atoms with Crippen LogP contribution in [0.1, 0.15) is 11.1 Å². The van der Waals surface area contributed by atoms with Gasteiger partial charge in [-0.3, -0.25) is 4.79 Å². The lowest BCUT2D eigenvalue weighted by atomic mass is 10.1. The summed E-state index contributed by atoms with van der Waals surface area (Å²) in [6, 6.07) is 14.4. The summed E-state index contributed by atoms with van der Waals surface area (Å²) in [6.07, 6.45) is 2.90. The summed E-state index contributed by atoms with van der Waals surface area (Å²) in [4.78, 5) is 12.0. The minimum absolute atomic E-state index is 0.00252. The monoisotopic (exact) mass is 404 g/mol. The molecule has 0 aliphatic heterocycles. The van der Waals surface area contributed by atoms with E-state index in [1.54, 1.807) is 31.4 Å². The molecule has 2 rings (SSSR count). The van der Waals surface area contributed by atoms with Crippen LogP contribution < -0.4 is 19.5 Å². The Morgan fingerprint density at radius 3 is 2.50 bits per heavy atom. The Labute approximate surface area is 165 Å². The molecule has 0 aliphatic carbocycles. The van der Waals surface area contributed by atoms with Crippen LogP contribution in [0.25, 0.3) is 6.08 Å². The van der Waals surface area contributed by atoms with Gasteiger partial charge in [-0.2, -0.15) is 0 Å². The van der Waals surface area contributed by atoms with Crippen LogP contribution in [0.2, 0.25) is 0 Å². The van der Waals surface area contributed by atoms with Crippen molar-refractivity contribution in [3.05, 3.63) is 65.7 Å². The molecule has 0 bridgehead atoms. The first-order valence-electron chi connectivity index (χ1n) is 8.63. The number of hydrogen-bond acceptors (Lipinski definition) is 5. The summed E-state index contributed by atoms with van der Waals surface area (Å²) in [5, 5.41) is 2.56. The van der Waals surface area contributed by atoms with Crippen molar-refractivity contribution in [1.29, 1.82) is 0 Å². The topological polar surface area (TPSA) is 93.7 Å². The maximum absolute atomic E-state index is 12.0. The molecule has 0 unspecified atom stereocenters. The van der Waals surface area contributed by atoms with Gasteiger partial charge in [0.2, 0.25) is 15.9 Å². The molecule has 0 saturated heterocycles. The number of amides is 1. The van der Waals surface area contributed by atoms with Crippen molar-refractivity contribution >= 4 is 22.0 Å². The summed E-state index contributed by atoms with van der Waals surface area (Å²) >= 11 is 0. The summed E-state index contributed by atoms with van der Waals surface area (Å²) in [5.41, 5.74) is 1.54. The maximum atomic E-state index is 12.0. The Bertz CT molecular complexity index is 911. The fourth-order valence-corrected chi connectivity index (χ4v) is 3.27. The highest BCUT2D eigenvalue weighted by Gasteiger charge is 2.10. The van der Waals surface area contributed by atoms with Crippen molar-refractivity contribution in [2.75, 3.05) is 26.5 Å². The van der Waals surface area contributed by atoms with Gasteiger partial charge in [0.05, 0.1) is 20.0 Å². The van der Waals surface area contributed by atoms with Crippen molar-refractivity contribution < 1.29 is 22.7 Å². The second-order valence-electron chi connectivity index (χ2n) is 5.86. The molecule has 7 nitrogen and oxygen atoms in total. The van der Waals surface area contributed by atoms with Gasteiger partial charge >= 0.3 is 0 Å². The van der Waals surface area contributed by atoms with E-state index in [4.69, 9.17) is 9.47 Å². The lowest BCUT2D eigenvalue weighted by Crippen LogP contribution is -2.33. The van der Waals surface area contributed by atoms with Crippen LogP contribution in [0.15, 0.2) is 54.6 Å². The van der Waals surface area contributed by atoms with Crippen molar-refractivity contribution in [3.8, 4) is 11.5 Å². The first-order valence-corrected chi connectivity index (χ1v) is 10.3. The van der Waals surface area contributed by atoms with Gasteiger partial charge in [0, 0.05) is 24.7 Å². The van der Waals surface area contributed by atoms with Crippen LogP contribution >= 0.6 is 0 Å². The van der Waals surface area contributed by atoms with E-state index >= 15 is 0 Å². The number of hydrogen-bond donors (Lipinski definition) is 2. The molecular weight excluding hydrogens is 380 g/mol. The van der Waals surface area contributed by atoms with E-state index < -0.39 is 15.9 Å². The number of ether oxygens (including phenoxy) is 2. The smallest absolute Gasteiger partial charge is 0.244 e. The van der Waals surface area contributed by atoms with E-state index in [0.717, 1.165) is 5.56 Å². The molecular formula is C20H24N2O5S. The number of methoxy groups -OCH3 is 2. The van der Waals surface area contributed by atoms with Crippen LogP contribution in [0.3, 0.4) is 0 Å². The molecule has 0 atom stereocenters. The summed E-state index contributed by atoms with van der Waals surface area (Å²) in [6.45, 7) is 0.217. The second kappa shape index (κ2) is 10.5. The number of nitrogens with one attached hydrogen (secondary N) is 2. The van der Waals surface area contributed by atoms with Gasteiger partial charge in [0.25, 0.3) is 0 Å². The van der Waals surface area contributed by atoms with Gasteiger partial charge in [0.15, 0.2) is 0 Å². The van der Waals surface area contributed by atoms with E-state index in [2.05, 4.69) is 10.0 Å². The SMILES string of the molecule is COc1ccc(OC)c(C=CC(=O)NCCS(=O)(=O)NCc2ccccc2)c1. The van der Waals surface area contributed by atoms with Gasteiger partial charge in [-0.1, -0.05) is 30.3 Å². The quantitative estimate of drug-likeness (QED) is 0.591. The average Bonchev–Trinajstić information content (AvgIpc) is 2.71. The minimum atomic E-state index is -3.49. The standard InChI is InChI=1S/C20H24N2O5S/c1-26-18-9-10-19(27-2)17(14-18)8-11-20(23)21-12-13-28(24,25)22-15-16-6-4-3-5-7-16/h3-11,14,22H,12-13,15H2,1-2H3,(H,21,23). The van der Waals surface area contributed by atoms with Crippen molar-refractivity contribution in [1.82, 2.24) is 10.0 Å². The fourth-order valence-electron chi connectivity index (χ4n) is 2.36. The van der Waals surface area contributed by atoms with Crippen molar-refractivity contribution in [3.63, 3.8) is 0 Å². The number of rotatable bonds is 10. The Morgan fingerprint density at radius 2 is 1.82 bits per heavy atom. The third-order valence-corrected chi connectivity index (χ3v) is 5.19. The molecule has 0 radical (unpaired) electrons. The third-order valence-electron chi connectivity index (χ3n) is 3.86. The lowest BCUT2D eigenvalue weighted by molar-refractivity contribution is -0.116. The average molecular weight is 404 g/mol. The van der Waals surface area contributed by atoms with Gasteiger partial charge in [-0.15, -0.1) is 0 Å². The molecule has 0 heterocycles. The van der Waals surface area contributed by atoms with Crippen LogP contribution in [0, 0.1) is 0 Å². The Balaban J connectivity index is 1.83. The Hall–Kier alpha value is -2.84. The van der Waals surface area contributed by atoms with Crippen LogP contribution in [-0.4, -0.2) is 40.8 Å². The normalized spacial score (nSPS) is 11.4. The predicted molar refractivity (Wildman–Crippen MR) is 109 cm³/mol. The van der Waals surface area contributed by atoms with Gasteiger partial charge in [-0.05, 0) is 29.8 Å². The van der Waals surface area contributed by atoms with E-state index in [-0.39, 0.29) is 18.8 Å². The van der Waals surface area contributed by atoms with Gasteiger partial charge < -0.3 is 14.8 Å². The molecule has 28 heavy (non-hydrogen) atoms. The number of carbonyl (C=O) groups is 1. The number of sulfonamides is 1. The lowest BCUT2D eigenvalue weighted by Gasteiger charge is -2.08. The zero-order chi connectivity index (χ0) is 20.4. The molecule has 0 fully saturated rings. The predicted octanol–water partition coefficient (Wildman–Crippen LogP) is 1.95. The highest BCUT2D eigenvalue weighted by atomic mass is 32.2. The molecule has 8 heteroatoms. The molecule has 150 valence electrons. The highest BCUT2D eigenvalue weighted by molar-refractivity contribution is 7.89. The largest absolute Gasteiger partial charge is 0.497 e. The van der Waals surface area contributed by atoms with Gasteiger partial charge in [-0.25, -0.2) is 13.1 Å². The fraction of sp³-hybridized carbons (Fsp3) is 0.250. The third kappa shape index (κ3) is 7.05. The zero-order valence-electron chi connectivity index (χ0n) is 15.8. The summed E-state index contributed by atoms with van der Waals surface area (Å²) in [7, 11) is -0.403. The number of benzene rings is 2. The second-order valence-corrected chi connectivity index (χ2v) is 7.78. The molecule has 2 N–H and O–H groups in total. The first kappa shape index (κ1) is 21.5. The van der Waals surface area contributed by atoms with Crippen molar-refractivity contribution in [2.45, 2.75) is 6.54 Å². The maximum Gasteiger partial charge on any atom is 0.244 e. The van der Waals surface area contributed by atoms with Gasteiger partial charge in [0.1, 0.15) is 11.5 Å². The van der Waals surface area contributed by atoms with E-state index in [1.165, 1.54) is 13.2 Å². The molecule has 0 aliphatic rings. The molecule has 0 aromatic heterocycles.